The van der Waals surface area contributed by atoms with Gasteiger partial charge in [0, 0.05) is 12.5 Å². The van der Waals surface area contributed by atoms with Gasteiger partial charge in [-0.25, -0.2) is 0 Å². The van der Waals surface area contributed by atoms with Gasteiger partial charge in [-0.2, -0.15) is 0 Å². The van der Waals surface area contributed by atoms with Crippen molar-refractivity contribution in [1.82, 2.24) is 4.90 Å². The van der Waals surface area contributed by atoms with Crippen LogP contribution in [0.1, 0.15) is 37.3 Å². The lowest BCUT2D eigenvalue weighted by molar-refractivity contribution is -0.133. The highest BCUT2D eigenvalue weighted by Gasteiger charge is 2.38. The zero-order valence-corrected chi connectivity index (χ0v) is 9.43. The molecule has 0 radical (unpaired) electrons. The molecule has 1 atom stereocenters. The van der Waals surface area contributed by atoms with E-state index in [-0.39, 0.29) is 0 Å². The van der Waals surface area contributed by atoms with Crippen LogP contribution in [0.5, 0.6) is 0 Å². The van der Waals surface area contributed by atoms with Crippen LogP contribution < -0.4 is 0 Å². The Morgan fingerprint density at radius 3 is 2.56 bits per heavy atom. The van der Waals surface area contributed by atoms with Crippen molar-refractivity contribution in [3.8, 4) is 0 Å². The molecular formula is C14H17NO. The standard InChI is InChI=1S/C14H17NO/c16-14(12-8-9-12)15-10-4-7-13(15)11-5-2-1-3-6-11/h1-3,5-6,12-13H,4,7-10H2. The summed E-state index contributed by atoms with van der Waals surface area (Å²) >= 11 is 0. The predicted molar refractivity (Wildman–Crippen MR) is 62.9 cm³/mol. The highest BCUT2D eigenvalue weighted by Crippen LogP contribution is 2.38. The molecule has 1 heterocycles. The smallest absolute Gasteiger partial charge is 0.226 e. The molecule has 1 unspecified atom stereocenters. The normalized spacial score (nSPS) is 24.8. The minimum atomic E-state index is 0.342. The molecule has 2 fully saturated rings. The Bertz CT molecular complexity index is 383. The van der Waals surface area contributed by atoms with Crippen LogP contribution in [0.15, 0.2) is 30.3 Å². The molecule has 0 bridgehead atoms. The van der Waals surface area contributed by atoms with E-state index in [1.807, 2.05) is 6.07 Å². The number of likely N-dealkylation sites (tertiary alicyclic amines) is 1. The molecule has 0 aromatic heterocycles. The summed E-state index contributed by atoms with van der Waals surface area (Å²) in [6, 6.07) is 10.8. The molecule has 16 heavy (non-hydrogen) atoms. The number of hydrogen-bond donors (Lipinski definition) is 0. The van der Waals surface area contributed by atoms with E-state index in [1.54, 1.807) is 0 Å². The van der Waals surface area contributed by atoms with Gasteiger partial charge in [-0.15, -0.1) is 0 Å². The SMILES string of the molecule is O=C(C1CC1)N1CCCC1c1ccccc1. The minimum Gasteiger partial charge on any atom is -0.335 e. The van der Waals surface area contributed by atoms with E-state index in [0.717, 1.165) is 32.2 Å². The van der Waals surface area contributed by atoms with Gasteiger partial charge in [0.15, 0.2) is 0 Å². The van der Waals surface area contributed by atoms with E-state index in [9.17, 15) is 4.79 Å². The van der Waals surface area contributed by atoms with Crippen LogP contribution in [0.25, 0.3) is 0 Å². The summed E-state index contributed by atoms with van der Waals surface area (Å²) in [5.41, 5.74) is 1.30. The van der Waals surface area contributed by atoms with Crippen molar-refractivity contribution in [1.29, 1.82) is 0 Å². The van der Waals surface area contributed by atoms with Crippen molar-refractivity contribution >= 4 is 5.91 Å². The molecule has 2 heteroatoms. The van der Waals surface area contributed by atoms with E-state index in [1.165, 1.54) is 5.56 Å². The van der Waals surface area contributed by atoms with Crippen molar-refractivity contribution in [3.63, 3.8) is 0 Å². The number of hydrogen-bond acceptors (Lipinski definition) is 1. The fraction of sp³-hybridized carbons (Fsp3) is 0.500. The van der Waals surface area contributed by atoms with Crippen molar-refractivity contribution < 1.29 is 4.79 Å². The molecule has 1 aliphatic carbocycles. The first-order valence-electron chi connectivity index (χ1n) is 6.21. The van der Waals surface area contributed by atoms with E-state index < -0.39 is 0 Å². The number of carbonyl (C=O) groups is 1. The first kappa shape index (κ1) is 9.88. The maximum atomic E-state index is 12.1. The summed E-state index contributed by atoms with van der Waals surface area (Å²) in [5, 5.41) is 0. The lowest BCUT2D eigenvalue weighted by atomic mass is 10.0. The van der Waals surface area contributed by atoms with Gasteiger partial charge in [-0.1, -0.05) is 30.3 Å². The average Bonchev–Trinajstić information content (AvgIpc) is 3.06. The second-order valence-electron chi connectivity index (χ2n) is 4.87. The molecule has 2 nitrogen and oxygen atoms in total. The summed E-state index contributed by atoms with van der Waals surface area (Å²) in [5.74, 6) is 0.746. The number of nitrogens with zero attached hydrogens (tertiary/aromatic N) is 1. The first-order chi connectivity index (χ1) is 7.86. The Labute approximate surface area is 96.3 Å². The number of rotatable bonds is 2. The zero-order chi connectivity index (χ0) is 11.0. The van der Waals surface area contributed by atoms with Gasteiger partial charge in [0.25, 0.3) is 0 Å². The van der Waals surface area contributed by atoms with Gasteiger partial charge in [0.2, 0.25) is 5.91 Å². The highest BCUT2D eigenvalue weighted by molar-refractivity contribution is 5.81. The molecule has 1 amide bonds. The molecule has 1 aromatic carbocycles. The molecule has 0 N–H and O–H groups in total. The first-order valence-corrected chi connectivity index (χ1v) is 6.21. The van der Waals surface area contributed by atoms with Gasteiger partial charge in [0.1, 0.15) is 0 Å². The second kappa shape index (κ2) is 3.93. The van der Waals surface area contributed by atoms with Crippen molar-refractivity contribution in [2.24, 2.45) is 5.92 Å². The third-order valence-electron chi connectivity index (χ3n) is 3.65. The third-order valence-corrected chi connectivity index (χ3v) is 3.65. The lowest BCUT2D eigenvalue weighted by Crippen LogP contribution is -2.31. The highest BCUT2D eigenvalue weighted by atomic mass is 16.2. The Kier molecular flexibility index (Phi) is 2.43. The lowest BCUT2D eigenvalue weighted by Gasteiger charge is -2.25. The van der Waals surface area contributed by atoms with Crippen LogP contribution in [-0.4, -0.2) is 17.4 Å². The van der Waals surface area contributed by atoms with Gasteiger partial charge in [-0.3, -0.25) is 4.79 Å². The van der Waals surface area contributed by atoms with Crippen molar-refractivity contribution in [3.05, 3.63) is 35.9 Å². The number of carbonyl (C=O) groups excluding carboxylic acids is 1. The zero-order valence-electron chi connectivity index (χ0n) is 9.43. The van der Waals surface area contributed by atoms with Crippen LogP contribution >= 0.6 is 0 Å². The summed E-state index contributed by atoms with van der Waals surface area (Å²) < 4.78 is 0. The molecule has 3 rings (SSSR count). The molecule has 2 aliphatic rings. The van der Waals surface area contributed by atoms with Crippen LogP contribution in [0.2, 0.25) is 0 Å². The topological polar surface area (TPSA) is 20.3 Å². The van der Waals surface area contributed by atoms with Gasteiger partial charge in [-0.05, 0) is 31.2 Å². The van der Waals surface area contributed by atoms with Crippen molar-refractivity contribution in [2.75, 3.05) is 6.54 Å². The van der Waals surface area contributed by atoms with E-state index in [4.69, 9.17) is 0 Å². The Morgan fingerprint density at radius 1 is 1.12 bits per heavy atom. The largest absolute Gasteiger partial charge is 0.335 e. The van der Waals surface area contributed by atoms with Gasteiger partial charge in [0.05, 0.1) is 6.04 Å². The van der Waals surface area contributed by atoms with E-state index in [0.29, 0.717) is 17.9 Å². The quantitative estimate of drug-likeness (QED) is 0.743. The fourth-order valence-electron chi connectivity index (χ4n) is 2.62. The molecule has 1 saturated carbocycles. The molecular weight excluding hydrogens is 198 g/mol. The summed E-state index contributed by atoms with van der Waals surface area (Å²) in [4.78, 5) is 14.2. The fourth-order valence-corrected chi connectivity index (χ4v) is 2.62. The van der Waals surface area contributed by atoms with Crippen LogP contribution in [0.4, 0.5) is 0 Å². The monoisotopic (exact) mass is 215 g/mol. The van der Waals surface area contributed by atoms with Gasteiger partial charge < -0.3 is 4.90 Å². The minimum absolute atomic E-state index is 0.342. The molecule has 1 saturated heterocycles. The second-order valence-corrected chi connectivity index (χ2v) is 4.87. The Morgan fingerprint density at radius 2 is 1.88 bits per heavy atom. The third kappa shape index (κ3) is 1.73. The summed E-state index contributed by atoms with van der Waals surface area (Å²) in [6.07, 6.45) is 4.49. The summed E-state index contributed by atoms with van der Waals surface area (Å²) in [6.45, 7) is 0.953. The van der Waals surface area contributed by atoms with Crippen LogP contribution in [0, 0.1) is 5.92 Å². The number of amides is 1. The molecule has 0 spiro atoms. The molecule has 1 aromatic rings. The predicted octanol–water partition coefficient (Wildman–Crippen LogP) is 2.76. The summed E-state index contributed by atoms with van der Waals surface area (Å²) in [7, 11) is 0. The Balaban J connectivity index is 1.81. The van der Waals surface area contributed by atoms with Crippen molar-refractivity contribution in [2.45, 2.75) is 31.7 Å². The Hall–Kier alpha value is -1.31. The van der Waals surface area contributed by atoms with Gasteiger partial charge >= 0.3 is 0 Å². The average molecular weight is 215 g/mol. The molecule has 1 aliphatic heterocycles. The number of benzene rings is 1. The maximum absolute atomic E-state index is 12.1. The van der Waals surface area contributed by atoms with E-state index >= 15 is 0 Å². The van der Waals surface area contributed by atoms with Crippen LogP contribution in [0.3, 0.4) is 0 Å². The molecule has 84 valence electrons. The maximum Gasteiger partial charge on any atom is 0.226 e. The van der Waals surface area contributed by atoms with E-state index in [2.05, 4.69) is 29.2 Å². The van der Waals surface area contributed by atoms with Crippen LogP contribution in [-0.2, 0) is 4.79 Å².